The summed E-state index contributed by atoms with van der Waals surface area (Å²) in [6.07, 6.45) is 3.10. The Bertz CT molecular complexity index is 904. The van der Waals surface area contributed by atoms with Gasteiger partial charge < -0.3 is 24.2 Å². The molecule has 0 saturated carbocycles. The van der Waals surface area contributed by atoms with Gasteiger partial charge in [-0.15, -0.1) is 0 Å². The predicted octanol–water partition coefficient (Wildman–Crippen LogP) is 3.83. The first-order chi connectivity index (χ1) is 16.3. The summed E-state index contributed by atoms with van der Waals surface area (Å²) in [5.74, 6) is 1.45. The highest BCUT2D eigenvalue weighted by molar-refractivity contribution is 5.74. The minimum Gasteiger partial charge on any atom is -0.493 e. The topological polar surface area (TPSA) is 88.5 Å². The second-order valence-electron chi connectivity index (χ2n) is 10.4. The lowest BCUT2D eigenvalue weighted by Gasteiger charge is -2.47. The van der Waals surface area contributed by atoms with E-state index in [2.05, 4.69) is 30.9 Å². The van der Waals surface area contributed by atoms with E-state index < -0.39 is 11.9 Å². The molecule has 3 aliphatic rings. The van der Waals surface area contributed by atoms with Crippen molar-refractivity contribution in [2.45, 2.75) is 45.6 Å². The van der Waals surface area contributed by atoms with Crippen LogP contribution in [0.25, 0.3) is 0 Å². The van der Waals surface area contributed by atoms with Crippen molar-refractivity contribution in [2.75, 3.05) is 47.0 Å². The van der Waals surface area contributed by atoms with E-state index in [9.17, 15) is 14.7 Å². The van der Waals surface area contributed by atoms with Crippen LogP contribution in [0.1, 0.15) is 50.3 Å². The Kier molecular flexibility index (Phi) is 7.55. The molecule has 34 heavy (non-hydrogen) atoms. The molecule has 188 valence electrons. The molecule has 1 aromatic rings. The summed E-state index contributed by atoms with van der Waals surface area (Å²) in [5, 5.41) is 9.23. The largest absolute Gasteiger partial charge is 0.493 e. The Morgan fingerprint density at radius 1 is 1.09 bits per heavy atom. The molecule has 3 aliphatic heterocycles. The summed E-state index contributed by atoms with van der Waals surface area (Å²) in [4.78, 5) is 28.1. The van der Waals surface area contributed by atoms with Gasteiger partial charge in [-0.25, -0.2) is 4.79 Å². The number of rotatable bonds is 7. The smallest absolute Gasteiger partial charge is 0.409 e. The summed E-state index contributed by atoms with van der Waals surface area (Å²) in [6, 6.07) is 4.49. The van der Waals surface area contributed by atoms with Gasteiger partial charge in [-0.1, -0.05) is 13.8 Å². The van der Waals surface area contributed by atoms with Gasteiger partial charge in [-0.2, -0.15) is 0 Å². The van der Waals surface area contributed by atoms with Gasteiger partial charge in [0.05, 0.1) is 26.7 Å². The molecule has 4 atom stereocenters. The maximum atomic E-state index is 12.7. The van der Waals surface area contributed by atoms with Crippen LogP contribution in [0.4, 0.5) is 4.79 Å². The van der Waals surface area contributed by atoms with Crippen molar-refractivity contribution in [1.82, 2.24) is 9.80 Å². The molecule has 4 rings (SSSR count). The van der Waals surface area contributed by atoms with Gasteiger partial charge in [0.1, 0.15) is 0 Å². The zero-order valence-electron chi connectivity index (χ0n) is 20.8. The number of carboxylic acids is 1. The summed E-state index contributed by atoms with van der Waals surface area (Å²) in [5.41, 5.74) is 2.58. The van der Waals surface area contributed by atoms with Crippen molar-refractivity contribution in [3.05, 3.63) is 23.3 Å². The summed E-state index contributed by atoms with van der Waals surface area (Å²) < 4.78 is 16.9. The minimum absolute atomic E-state index is 0.236. The van der Waals surface area contributed by atoms with Gasteiger partial charge in [-0.05, 0) is 66.7 Å². The van der Waals surface area contributed by atoms with Gasteiger partial charge in [0, 0.05) is 32.2 Å². The molecule has 8 nitrogen and oxygen atoms in total. The highest BCUT2D eigenvalue weighted by atomic mass is 16.6. The third kappa shape index (κ3) is 5.11. The van der Waals surface area contributed by atoms with Crippen molar-refractivity contribution in [1.29, 1.82) is 0 Å². The molecule has 0 spiro atoms. The molecular formula is C26H38N2O6. The number of ether oxygens (including phenoxy) is 3. The average Bonchev–Trinajstić information content (AvgIpc) is 3.32. The number of methoxy groups -OCH3 is 2. The fraction of sp³-hybridized carbons (Fsp3) is 0.692. The van der Waals surface area contributed by atoms with Crippen LogP contribution in [0.2, 0.25) is 0 Å². The number of benzene rings is 1. The molecule has 0 aromatic heterocycles. The molecule has 0 aliphatic carbocycles. The number of carbonyl (C=O) groups excluding carboxylic acids is 1. The van der Waals surface area contributed by atoms with E-state index in [0.717, 1.165) is 43.9 Å². The van der Waals surface area contributed by atoms with Crippen LogP contribution in [-0.2, 0) is 16.0 Å². The maximum absolute atomic E-state index is 12.7. The van der Waals surface area contributed by atoms with Crippen LogP contribution in [0.15, 0.2) is 12.1 Å². The van der Waals surface area contributed by atoms with Crippen molar-refractivity contribution >= 4 is 12.1 Å². The van der Waals surface area contributed by atoms with Crippen molar-refractivity contribution < 1.29 is 28.9 Å². The van der Waals surface area contributed by atoms with Crippen LogP contribution in [0.3, 0.4) is 0 Å². The molecule has 1 N–H and O–H groups in total. The molecule has 1 aromatic carbocycles. The molecule has 0 radical (unpaired) electrons. The van der Waals surface area contributed by atoms with Gasteiger partial charge in [0.15, 0.2) is 11.5 Å². The number of likely N-dealkylation sites (tertiary alicyclic amines) is 1. The Balaban J connectivity index is 1.49. The van der Waals surface area contributed by atoms with Crippen LogP contribution < -0.4 is 9.47 Å². The van der Waals surface area contributed by atoms with Gasteiger partial charge in [-0.3, -0.25) is 9.69 Å². The zero-order chi connectivity index (χ0) is 24.4. The van der Waals surface area contributed by atoms with Crippen LogP contribution >= 0.6 is 0 Å². The molecule has 0 bridgehead atoms. The lowest BCUT2D eigenvalue weighted by Crippen LogP contribution is -2.47. The third-order valence-electron chi connectivity index (χ3n) is 7.77. The SMILES string of the molecule is COc1cc2c(cc1OC)[C@H]1C[C@@H](COC(=O)N3CCC(C(=O)O)C3)[C@H](CC(C)C)CN1CC2. The number of carboxylic acid groups (broad SMARTS) is 1. The van der Waals surface area contributed by atoms with E-state index >= 15 is 0 Å². The number of piperidine rings is 1. The number of hydrogen-bond acceptors (Lipinski definition) is 6. The fourth-order valence-electron chi connectivity index (χ4n) is 5.98. The second-order valence-corrected chi connectivity index (χ2v) is 10.4. The Labute approximate surface area is 202 Å². The highest BCUT2D eigenvalue weighted by Crippen LogP contribution is 2.45. The van der Waals surface area contributed by atoms with E-state index in [-0.39, 0.29) is 24.6 Å². The highest BCUT2D eigenvalue weighted by Gasteiger charge is 2.40. The van der Waals surface area contributed by atoms with E-state index in [1.807, 2.05) is 0 Å². The number of amides is 1. The third-order valence-corrected chi connectivity index (χ3v) is 7.77. The number of carbonyl (C=O) groups is 2. The van der Waals surface area contributed by atoms with E-state index in [1.165, 1.54) is 11.1 Å². The number of aliphatic carboxylic acids is 1. The summed E-state index contributed by atoms with van der Waals surface area (Å²) >= 11 is 0. The van der Waals surface area contributed by atoms with Gasteiger partial charge in [0.25, 0.3) is 0 Å². The first-order valence-electron chi connectivity index (χ1n) is 12.4. The lowest BCUT2D eigenvalue weighted by molar-refractivity contribution is -0.141. The summed E-state index contributed by atoms with van der Waals surface area (Å²) in [6.45, 7) is 7.54. The number of nitrogens with zero attached hydrogens (tertiary/aromatic N) is 2. The second kappa shape index (κ2) is 10.4. The Hall–Kier alpha value is -2.48. The minimum atomic E-state index is -0.845. The molecule has 1 amide bonds. The van der Waals surface area contributed by atoms with E-state index in [0.29, 0.717) is 31.4 Å². The van der Waals surface area contributed by atoms with Crippen molar-refractivity contribution in [3.63, 3.8) is 0 Å². The molecule has 2 saturated heterocycles. The average molecular weight is 475 g/mol. The van der Waals surface area contributed by atoms with E-state index in [1.54, 1.807) is 19.1 Å². The molecular weight excluding hydrogens is 436 g/mol. The lowest BCUT2D eigenvalue weighted by atomic mass is 9.74. The van der Waals surface area contributed by atoms with Crippen molar-refractivity contribution in [2.24, 2.45) is 23.7 Å². The molecule has 2 fully saturated rings. The fourth-order valence-corrected chi connectivity index (χ4v) is 5.98. The molecule has 3 heterocycles. The van der Waals surface area contributed by atoms with Crippen LogP contribution in [0.5, 0.6) is 11.5 Å². The van der Waals surface area contributed by atoms with Gasteiger partial charge >= 0.3 is 12.1 Å². The van der Waals surface area contributed by atoms with Crippen molar-refractivity contribution in [3.8, 4) is 11.5 Å². The van der Waals surface area contributed by atoms with Gasteiger partial charge in [0.2, 0.25) is 0 Å². The van der Waals surface area contributed by atoms with Crippen LogP contribution in [-0.4, -0.2) is 74.0 Å². The standard InChI is InChI=1S/C26H38N2O6/c1-16(2)9-19-14-27-7-5-17-11-23(32-3)24(33-4)12-21(17)22(27)10-20(19)15-34-26(31)28-8-6-18(13-28)25(29)30/h11-12,16,18-20,22H,5-10,13-15H2,1-4H3,(H,29,30)/t18?,19-,20+,22-/m1/s1. The first-order valence-corrected chi connectivity index (χ1v) is 12.4. The first kappa shape index (κ1) is 24.6. The maximum Gasteiger partial charge on any atom is 0.409 e. The molecule has 8 heteroatoms. The quantitative estimate of drug-likeness (QED) is 0.643. The molecule has 1 unspecified atom stereocenters. The summed E-state index contributed by atoms with van der Waals surface area (Å²) in [7, 11) is 3.33. The normalized spacial score (nSPS) is 26.7. The number of hydrogen-bond donors (Lipinski definition) is 1. The zero-order valence-corrected chi connectivity index (χ0v) is 20.8. The predicted molar refractivity (Wildman–Crippen MR) is 127 cm³/mol. The Morgan fingerprint density at radius 3 is 2.47 bits per heavy atom. The monoisotopic (exact) mass is 474 g/mol. The number of fused-ring (bicyclic) bond motifs is 3. The van der Waals surface area contributed by atoms with Crippen LogP contribution in [0, 0.1) is 23.7 Å². The van der Waals surface area contributed by atoms with E-state index in [4.69, 9.17) is 14.2 Å². The Morgan fingerprint density at radius 2 is 1.82 bits per heavy atom.